The first-order chi connectivity index (χ1) is 8.13. The second-order valence-electron chi connectivity index (χ2n) is 5.20. The van der Waals surface area contributed by atoms with Gasteiger partial charge in [-0.25, -0.2) is 0 Å². The summed E-state index contributed by atoms with van der Waals surface area (Å²) in [5.74, 6) is 0.478. The van der Waals surface area contributed by atoms with Gasteiger partial charge in [-0.15, -0.1) is 0 Å². The third-order valence-electron chi connectivity index (χ3n) is 3.97. The Bertz CT molecular complexity index is 214. The Balaban J connectivity index is 2.57. The van der Waals surface area contributed by atoms with E-state index in [2.05, 4.69) is 18.7 Å². The Morgan fingerprint density at radius 3 is 2.59 bits per heavy atom. The molecule has 1 aliphatic rings. The highest BCUT2D eigenvalue weighted by atomic mass is 16.5. The number of piperidine rings is 1. The minimum Gasteiger partial charge on any atom is -0.384 e. The fourth-order valence-corrected chi connectivity index (χ4v) is 2.92. The van der Waals surface area contributed by atoms with Crippen LogP contribution in [0.1, 0.15) is 26.7 Å². The van der Waals surface area contributed by atoms with Crippen molar-refractivity contribution in [1.29, 1.82) is 0 Å². The fourth-order valence-electron chi connectivity index (χ4n) is 2.92. The lowest BCUT2D eigenvalue weighted by Crippen LogP contribution is -2.54. The van der Waals surface area contributed by atoms with Crippen molar-refractivity contribution in [2.75, 3.05) is 33.9 Å². The molecule has 17 heavy (non-hydrogen) atoms. The average molecular weight is 244 g/mol. The first kappa shape index (κ1) is 14.9. The summed E-state index contributed by atoms with van der Waals surface area (Å²) in [6.07, 6.45) is 2.63. The van der Waals surface area contributed by atoms with Crippen LogP contribution in [0.2, 0.25) is 0 Å². The summed E-state index contributed by atoms with van der Waals surface area (Å²) in [7, 11) is 3.56. The molecule has 0 aromatic heterocycles. The van der Waals surface area contributed by atoms with E-state index in [4.69, 9.17) is 15.2 Å². The van der Waals surface area contributed by atoms with Gasteiger partial charge in [0.15, 0.2) is 0 Å². The molecule has 4 unspecified atom stereocenters. The quantitative estimate of drug-likeness (QED) is 0.760. The van der Waals surface area contributed by atoms with E-state index in [-0.39, 0.29) is 0 Å². The van der Waals surface area contributed by atoms with Crippen LogP contribution in [0.3, 0.4) is 0 Å². The van der Waals surface area contributed by atoms with Crippen molar-refractivity contribution in [1.82, 2.24) is 4.90 Å². The number of nitrogens with two attached hydrogens (primary N) is 1. The molecular weight excluding hydrogens is 216 g/mol. The number of ether oxygens (including phenoxy) is 2. The predicted octanol–water partition coefficient (Wildman–Crippen LogP) is 1.10. The molecule has 0 saturated carbocycles. The van der Waals surface area contributed by atoms with Crippen molar-refractivity contribution in [3.63, 3.8) is 0 Å². The largest absolute Gasteiger partial charge is 0.384 e. The lowest BCUT2D eigenvalue weighted by atomic mass is 9.93. The summed E-state index contributed by atoms with van der Waals surface area (Å²) in [6.45, 7) is 7.05. The molecule has 4 atom stereocenters. The van der Waals surface area contributed by atoms with Crippen LogP contribution in [0, 0.1) is 5.92 Å². The molecule has 2 N–H and O–H groups in total. The average Bonchev–Trinajstić information content (AvgIpc) is 2.32. The third-order valence-corrected chi connectivity index (χ3v) is 3.97. The minimum atomic E-state index is 0.414. The second-order valence-corrected chi connectivity index (χ2v) is 5.20. The van der Waals surface area contributed by atoms with Crippen molar-refractivity contribution in [3.8, 4) is 0 Å². The molecule has 1 rings (SSSR count). The molecule has 0 amide bonds. The SMILES string of the molecule is COCC(C)C(CN)N1CCC(OC)CC1C. The van der Waals surface area contributed by atoms with E-state index >= 15 is 0 Å². The van der Waals surface area contributed by atoms with Crippen LogP contribution in [0.5, 0.6) is 0 Å². The van der Waals surface area contributed by atoms with Crippen molar-refractivity contribution < 1.29 is 9.47 Å². The van der Waals surface area contributed by atoms with Crippen LogP contribution in [-0.4, -0.2) is 57.0 Å². The first-order valence-electron chi connectivity index (χ1n) is 6.61. The zero-order chi connectivity index (χ0) is 12.8. The van der Waals surface area contributed by atoms with Crippen LogP contribution < -0.4 is 5.73 Å². The van der Waals surface area contributed by atoms with Gasteiger partial charge in [-0.3, -0.25) is 4.90 Å². The van der Waals surface area contributed by atoms with Crippen LogP contribution in [0.4, 0.5) is 0 Å². The number of nitrogens with zero attached hydrogens (tertiary/aromatic N) is 1. The second kappa shape index (κ2) is 7.31. The number of methoxy groups -OCH3 is 2. The van der Waals surface area contributed by atoms with Gasteiger partial charge in [0.1, 0.15) is 0 Å². The monoisotopic (exact) mass is 244 g/mol. The van der Waals surface area contributed by atoms with E-state index in [1.165, 1.54) is 0 Å². The number of hydrogen-bond acceptors (Lipinski definition) is 4. The van der Waals surface area contributed by atoms with Crippen LogP contribution >= 0.6 is 0 Å². The van der Waals surface area contributed by atoms with Gasteiger partial charge in [0.05, 0.1) is 12.7 Å². The topological polar surface area (TPSA) is 47.7 Å². The maximum absolute atomic E-state index is 5.94. The fraction of sp³-hybridized carbons (Fsp3) is 1.00. The summed E-state index contributed by atoms with van der Waals surface area (Å²) >= 11 is 0. The normalized spacial score (nSPS) is 30.2. The smallest absolute Gasteiger partial charge is 0.0598 e. The van der Waals surface area contributed by atoms with Gasteiger partial charge in [0, 0.05) is 39.4 Å². The summed E-state index contributed by atoms with van der Waals surface area (Å²) in [5.41, 5.74) is 5.94. The van der Waals surface area contributed by atoms with Crippen LogP contribution in [0.15, 0.2) is 0 Å². The number of hydrogen-bond donors (Lipinski definition) is 1. The molecule has 0 aromatic rings. The molecule has 4 heteroatoms. The molecule has 0 aliphatic carbocycles. The maximum atomic E-state index is 5.94. The van der Waals surface area contributed by atoms with E-state index in [0.29, 0.717) is 30.7 Å². The van der Waals surface area contributed by atoms with Crippen molar-refractivity contribution >= 4 is 0 Å². The summed E-state index contributed by atoms with van der Waals surface area (Å²) in [4.78, 5) is 2.53. The van der Waals surface area contributed by atoms with Gasteiger partial charge in [-0.05, 0) is 25.7 Å². The molecule has 4 nitrogen and oxygen atoms in total. The van der Waals surface area contributed by atoms with E-state index in [0.717, 1.165) is 26.0 Å². The summed E-state index contributed by atoms with van der Waals surface area (Å²) in [6, 6.07) is 0.962. The highest BCUT2D eigenvalue weighted by molar-refractivity contribution is 4.87. The van der Waals surface area contributed by atoms with E-state index in [1.807, 2.05) is 0 Å². The molecule has 0 spiro atoms. The van der Waals surface area contributed by atoms with Gasteiger partial charge >= 0.3 is 0 Å². The van der Waals surface area contributed by atoms with Gasteiger partial charge in [-0.1, -0.05) is 6.92 Å². The van der Waals surface area contributed by atoms with Gasteiger partial charge in [0.2, 0.25) is 0 Å². The number of likely N-dealkylation sites (tertiary alicyclic amines) is 1. The Morgan fingerprint density at radius 1 is 1.41 bits per heavy atom. The van der Waals surface area contributed by atoms with Crippen molar-refractivity contribution in [2.45, 2.75) is 44.9 Å². The third kappa shape index (κ3) is 3.91. The van der Waals surface area contributed by atoms with Crippen molar-refractivity contribution in [3.05, 3.63) is 0 Å². The number of rotatable bonds is 6. The Labute approximate surface area is 105 Å². The van der Waals surface area contributed by atoms with E-state index < -0.39 is 0 Å². The molecule has 0 aromatic carbocycles. The van der Waals surface area contributed by atoms with Crippen LogP contribution in [0.25, 0.3) is 0 Å². The highest BCUT2D eigenvalue weighted by Crippen LogP contribution is 2.24. The molecule has 1 saturated heterocycles. The molecule has 1 heterocycles. The summed E-state index contributed by atoms with van der Waals surface area (Å²) < 4.78 is 10.7. The summed E-state index contributed by atoms with van der Waals surface area (Å²) in [5, 5.41) is 0. The molecule has 1 fully saturated rings. The van der Waals surface area contributed by atoms with Gasteiger partial charge < -0.3 is 15.2 Å². The highest BCUT2D eigenvalue weighted by Gasteiger charge is 2.32. The lowest BCUT2D eigenvalue weighted by molar-refractivity contribution is -0.0176. The van der Waals surface area contributed by atoms with E-state index in [9.17, 15) is 0 Å². The molecule has 0 radical (unpaired) electrons. The lowest BCUT2D eigenvalue weighted by Gasteiger charge is -2.43. The van der Waals surface area contributed by atoms with Gasteiger partial charge in [0.25, 0.3) is 0 Å². The zero-order valence-electron chi connectivity index (χ0n) is 11.7. The van der Waals surface area contributed by atoms with Gasteiger partial charge in [-0.2, -0.15) is 0 Å². The van der Waals surface area contributed by atoms with Crippen LogP contribution in [-0.2, 0) is 9.47 Å². The van der Waals surface area contributed by atoms with Crippen molar-refractivity contribution in [2.24, 2.45) is 11.7 Å². The zero-order valence-corrected chi connectivity index (χ0v) is 11.7. The molecule has 0 bridgehead atoms. The standard InChI is InChI=1S/C13H28N2O2/c1-10(9-16-3)13(8-14)15-6-5-12(17-4)7-11(15)2/h10-13H,5-9,14H2,1-4H3. The molecule has 1 aliphatic heterocycles. The predicted molar refractivity (Wildman–Crippen MR) is 70.1 cm³/mol. The molecular formula is C13H28N2O2. The maximum Gasteiger partial charge on any atom is 0.0598 e. The first-order valence-corrected chi connectivity index (χ1v) is 6.61. The molecule has 102 valence electrons. The minimum absolute atomic E-state index is 0.414. The van der Waals surface area contributed by atoms with E-state index in [1.54, 1.807) is 14.2 Å². The Morgan fingerprint density at radius 2 is 2.12 bits per heavy atom. The Kier molecular flexibility index (Phi) is 6.41. The Hall–Kier alpha value is -0.160.